The molecule has 108 valence electrons. The maximum atomic E-state index is 11.1. The van der Waals surface area contributed by atoms with Gasteiger partial charge < -0.3 is 19.7 Å². The Morgan fingerprint density at radius 2 is 2.10 bits per heavy atom. The lowest BCUT2D eigenvalue weighted by atomic mass is 10.1. The summed E-state index contributed by atoms with van der Waals surface area (Å²) in [6.45, 7) is 3.39. The van der Waals surface area contributed by atoms with Gasteiger partial charge in [0.05, 0.1) is 37.6 Å². The number of carboxylic acid groups (broad SMARTS) is 1. The number of anilines is 1. The quantitative estimate of drug-likeness (QED) is 0.547. The molecular weight excluding hydrogens is 262 g/mol. The minimum atomic E-state index is -1.40. The van der Waals surface area contributed by atoms with E-state index >= 15 is 0 Å². The molecule has 0 bridgehead atoms. The summed E-state index contributed by atoms with van der Waals surface area (Å²) in [5, 5.41) is 22.0. The molecule has 0 aliphatic carbocycles. The smallest absolute Gasteiger partial charge is 0.293 e. The van der Waals surface area contributed by atoms with Crippen molar-refractivity contribution >= 4 is 17.3 Å². The van der Waals surface area contributed by atoms with Crippen LogP contribution in [0.2, 0.25) is 0 Å². The van der Waals surface area contributed by atoms with E-state index in [1.165, 1.54) is 17.0 Å². The SMILES string of the molecule is C[NH+]1CCCN(c2ccc(C(=O)[O-])cc2[N+](=O)[O-])CC1. The minimum Gasteiger partial charge on any atom is -0.545 e. The number of nitro benzene ring substituents is 1. The Labute approximate surface area is 116 Å². The second-order valence-electron chi connectivity index (χ2n) is 5.05. The summed E-state index contributed by atoms with van der Waals surface area (Å²) in [6.07, 6.45) is 0.950. The number of likely N-dealkylation sites (N-methyl/N-ethyl adjacent to an activating group) is 1. The number of nitrogens with zero attached hydrogens (tertiary/aromatic N) is 2. The van der Waals surface area contributed by atoms with Crippen LogP contribution in [0.5, 0.6) is 0 Å². The molecule has 7 nitrogen and oxygen atoms in total. The summed E-state index contributed by atoms with van der Waals surface area (Å²) in [6, 6.07) is 3.94. The number of rotatable bonds is 3. The highest BCUT2D eigenvalue weighted by Gasteiger charge is 2.23. The van der Waals surface area contributed by atoms with Gasteiger partial charge in [-0.05, 0) is 6.07 Å². The van der Waals surface area contributed by atoms with Crippen molar-refractivity contribution in [3.05, 3.63) is 33.9 Å². The van der Waals surface area contributed by atoms with E-state index in [2.05, 4.69) is 7.05 Å². The van der Waals surface area contributed by atoms with Crippen LogP contribution in [0.4, 0.5) is 11.4 Å². The van der Waals surface area contributed by atoms with Crippen molar-refractivity contribution in [2.24, 2.45) is 0 Å². The van der Waals surface area contributed by atoms with Crippen LogP contribution in [0.25, 0.3) is 0 Å². The van der Waals surface area contributed by atoms with Gasteiger partial charge >= 0.3 is 0 Å². The average Bonchev–Trinajstić information content (AvgIpc) is 2.62. The number of quaternary nitrogens is 1. The number of benzene rings is 1. The second-order valence-corrected chi connectivity index (χ2v) is 5.05. The molecule has 0 radical (unpaired) electrons. The highest BCUT2D eigenvalue weighted by Crippen LogP contribution is 2.29. The molecule has 1 fully saturated rings. The topological polar surface area (TPSA) is 91.0 Å². The van der Waals surface area contributed by atoms with Crippen molar-refractivity contribution in [1.29, 1.82) is 0 Å². The van der Waals surface area contributed by atoms with Gasteiger partial charge in [-0.3, -0.25) is 10.1 Å². The predicted molar refractivity (Wildman–Crippen MR) is 70.9 cm³/mol. The molecule has 0 aromatic heterocycles. The van der Waals surface area contributed by atoms with E-state index < -0.39 is 10.9 Å². The minimum absolute atomic E-state index is 0.169. The van der Waals surface area contributed by atoms with Crippen molar-refractivity contribution in [1.82, 2.24) is 0 Å². The van der Waals surface area contributed by atoms with Gasteiger partial charge in [0.15, 0.2) is 0 Å². The normalized spacial score (nSPS) is 19.4. The van der Waals surface area contributed by atoms with Crippen molar-refractivity contribution in [3.63, 3.8) is 0 Å². The fourth-order valence-corrected chi connectivity index (χ4v) is 2.44. The highest BCUT2D eigenvalue weighted by atomic mass is 16.6. The summed E-state index contributed by atoms with van der Waals surface area (Å²) in [5.41, 5.74) is 0.138. The molecular formula is C13H17N3O4. The lowest BCUT2D eigenvalue weighted by molar-refractivity contribution is -0.876. The molecule has 1 aliphatic heterocycles. The number of carbonyl (C=O) groups is 1. The third-order valence-corrected chi connectivity index (χ3v) is 3.59. The van der Waals surface area contributed by atoms with E-state index in [1.54, 1.807) is 0 Å². The van der Waals surface area contributed by atoms with Gasteiger partial charge in [0.2, 0.25) is 0 Å². The molecule has 1 atom stereocenters. The molecule has 0 amide bonds. The maximum absolute atomic E-state index is 11.1. The molecule has 1 saturated heterocycles. The van der Waals surface area contributed by atoms with E-state index in [-0.39, 0.29) is 11.3 Å². The summed E-state index contributed by atoms with van der Waals surface area (Å²) in [4.78, 5) is 24.8. The third kappa shape index (κ3) is 3.05. The Balaban J connectivity index is 2.35. The van der Waals surface area contributed by atoms with Gasteiger partial charge in [0.1, 0.15) is 5.69 Å². The molecule has 1 N–H and O–H groups in total. The first-order valence-corrected chi connectivity index (χ1v) is 6.55. The molecule has 1 unspecified atom stereocenters. The average molecular weight is 279 g/mol. The van der Waals surface area contributed by atoms with Crippen molar-refractivity contribution < 1.29 is 19.7 Å². The van der Waals surface area contributed by atoms with E-state index in [1.807, 2.05) is 4.90 Å². The second kappa shape index (κ2) is 5.87. The molecule has 1 aliphatic rings. The lowest BCUT2D eigenvalue weighted by Gasteiger charge is -2.21. The first-order chi connectivity index (χ1) is 9.49. The molecule has 2 rings (SSSR count). The van der Waals surface area contributed by atoms with Crippen molar-refractivity contribution in [2.75, 3.05) is 38.1 Å². The van der Waals surface area contributed by atoms with Gasteiger partial charge in [0.25, 0.3) is 5.69 Å². The third-order valence-electron chi connectivity index (χ3n) is 3.59. The van der Waals surface area contributed by atoms with Crippen LogP contribution >= 0.6 is 0 Å². The van der Waals surface area contributed by atoms with Gasteiger partial charge in [0, 0.05) is 24.6 Å². The summed E-state index contributed by atoms with van der Waals surface area (Å²) < 4.78 is 0. The number of carbonyl (C=O) groups excluding carboxylic acids is 1. The Kier molecular flexibility index (Phi) is 4.19. The largest absolute Gasteiger partial charge is 0.545 e. The summed E-state index contributed by atoms with van der Waals surface area (Å²) >= 11 is 0. The van der Waals surface area contributed by atoms with Crippen LogP contribution in [-0.2, 0) is 0 Å². The van der Waals surface area contributed by atoms with Gasteiger partial charge in [-0.25, -0.2) is 0 Å². The predicted octanol–water partition coefficient (Wildman–Crippen LogP) is -1.32. The fourth-order valence-electron chi connectivity index (χ4n) is 2.44. The van der Waals surface area contributed by atoms with Crippen LogP contribution in [0.3, 0.4) is 0 Å². The Bertz CT molecular complexity index is 532. The first-order valence-electron chi connectivity index (χ1n) is 6.55. The zero-order valence-corrected chi connectivity index (χ0v) is 11.3. The van der Waals surface area contributed by atoms with E-state index in [4.69, 9.17) is 0 Å². The summed E-state index contributed by atoms with van der Waals surface area (Å²) in [7, 11) is 2.09. The maximum Gasteiger partial charge on any atom is 0.293 e. The van der Waals surface area contributed by atoms with Gasteiger partial charge in [-0.2, -0.15) is 0 Å². The lowest BCUT2D eigenvalue weighted by Crippen LogP contribution is -3.09. The summed E-state index contributed by atoms with van der Waals surface area (Å²) in [5.74, 6) is -1.40. The van der Waals surface area contributed by atoms with Gasteiger partial charge in [-0.15, -0.1) is 0 Å². The van der Waals surface area contributed by atoms with Crippen molar-refractivity contribution in [3.8, 4) is 0 Å². The number of nitrogens with one attached hydrogen (secondary N) is 1. The Morgan fingerprint density at radius 1 is 1.35 bits per heavy atom. The van der Waals surface area contributed by atoms with Crippen LogP contribution in [0.15, 0.2) is 18.2 Å². The number of carboxylic acids is 1. The molecule has 1 aromatic carbocycles. The number of aromatic carboxylic acids is 1. The molecule has 7 heteroatoms. The molecule has 1 aromatic rings. The van der Waals surface area contributed by atoms with Crippen molar-refractivity contribution in [2.45, 2.75) is 6.42 Å². The van der Waals surface area contributed by atoms with Gasteiger partial charge in [-0.1, -0.05) is 6.07 Å². The Hall–Kier alpha value is -2.15. The molecule has 0 saturated carbocycles. The number of hydrogen-bond donors (Lipinski definition) is 1. The van der Waals surface area contributed by atoms with Crippen LogP contribution < -0.4 is 14.9 Å². The molecule has 20 heavy (non-hydrogen) atoms. The molecule has 1 heterocycles. The zero-order chi connectivity index (χ0) is 14.7. The van der Waals surface area contributed by atoms with E-state index in [0.29, 0.717) is 5.69 Å². The van der Waals surface area contributed by atoms with Crippen LogP contribution in [-0.4, -0.2) is 44.1 Å². The first kappa shape index (κ1) is 14.3. The fraction of sp³-hybridized carbons (Fsp3) is 0.462. The number of hydrogen-bond acceptors (Lipinski definition) is 5. The highest BCUT2D eigenvalue weighted by molar-refractivity contribution is 5.88. The van der Waals surface area contributed by atoms with Crippen LogP contribution in [0.1, 0.15) is 16.8 Å². The molecule has 0 spiro atoms. The standard InChI is InChI=1S/C13H17N3O4/c1-14-5-2-6-15(8-7-14)11-4-3-10(13(17)18)9-12(11)16(19)20/h3-4,9H,2,5-8H2,1H3,(H,17,18). The van der Waals surface area contributed by atoms with Crippen LogP contribution in [0, 0.1) is 10.1 Å². The number of nitro groups is 1. The van der Waals surface area contributed by atoms with E-state index in [0.717, 1.165) is 38.7 Å². The monoisotopic (exact) mass is 279 g/mol. The zero-order valence-electron chi connectivity index (χ0n) is 11.3. The van der Waals surface area contributed by atoms with E-state index in [9.17, 15) is 20.0 Å². The Morgan fingerprint density at radius 3 is 2.75 bits per heavy atom.